The summed E-state index contributed by atoms with van der Waals surface area (Å²) in [6.45, 7) is 18.4. The average Bonchev–Trinajstić information content (AvgIpc) is 2.32. The third-order valence-electron chi connectivity index (χ3n) is 5.20. The lowest BCUT2D eigenvalue weighted by Gasteiger charge is -2.42. The molecule has 1 unspecified atom stereocenters. The summed E-state index contributed by atoms with van der Waals surface area (Å²) in [5.74, 6) is 0.946. The second-order valence-electron chi connectivity index (χ2n) is 7.82. The van der Waals surface area contributed by atoms with Crippen LogP contribution in [0.2, 0.25) is 0 Å². The zero-order valence-corrected chi connectivity index (χ0v) is 13.7. The summed E-state index contributed by atoms with van der Waals surface area (Å²) >= 11 is 0. The first kappa shape index (κ1) is 16.0. The van der Waals surface area contributed by atoms with E-state index in [9.17, 15) is 0 Å². The van der Waals surface area contributed by atoms with Gasteiger partial charge in [0.25, 0.3) is 0 Å². The third-order valence-corrected chi connectivity index (χ3v) is 5.20. The van der Waals surface area contributed by atoms with Gasteiger partial charge in [0, 0.05) is 6.54 Å². The van der Waals surface area contributed by atoms with Gasteiger partial charge in [-0.1, -0.05) is 48.0 Å². The van der Waals surface area contributed by atoms with Gasteiger partial charge in [-0.25, -0.2) is 0 Å². The summed E-state index contributed by atoms with van der Waals surface area (Å²) in [5.41, 5.74) is 0.994. The van der Waals surface area contributed by atoms with Crippen molar-refractivity contribution in [2.24, 2.45) is 16.7 Å². The molecule has 1 atom stereocenters. The molecule has 0 spiro atoms. The van der Waals surface area contributed by atoms with Gasteiger partial charge >= 0.3 is 0 Å². The molecule has 0 amide bonds. The first-order chi connectivity index (χ1) is 8.30. The Morgan fingerprint density at radius 2 is 1.56 bits per heavy atom. The molecule has 1 heterocycles. The molecule has 0 bridgehead atoms. The topological polar surface area (TPSA) is 3.24 Å². The van der Waals surface area contributed by atoms with E-state index in [0.29, 0.717) is 10.8 Å². The Balaban J connectivity index is 2.54. The number of hydrogen-bond donors (Lipinski definition) is 0. The van der Waals surface area contributed by atoms with E-state index in [1.807, 2.05) is 0 Å². The van der Waals surface area contributed by atoms with Crippen LogP contribution in [0.3, 0.4) is 0 Å². The van der Waals surface area contributed by atoms with E-state index in [4.69, 9.17) is 0 Å². The molecule has 0 saturated carbocycles. The van der Waals surface area contributed by atoms with Gasteiger partial charge in [-0.05, 0) is 55.5 Å². The van der Waals surface area contributed by atoms with Crippen LogP contribution in [0.5, 0.6) is 0 Å². The van der Waals surface area contributed by atoms with Crippen LogP contribution in [0, 0.1) is 16.7 Å². The molecule has 0 aromatic heterocycles. The smallest absolute Gasteiger partial charge is 0.00354 e. The fraction of sp³-hybridized carbons (Fsp3) is 1.00. The molecule has 1 aliphatic rings. The number of piperidine rings is 1. The van der Waals surface area contributed by atoms with Crippen LogP contribution in [0.1, 0.15) is 73.6 Å². The second-order valence-corrected chi connectivity index (χ2v) is 7.82. The van der Waals surface area contributed by atoms with E-state index in [2.05, 4.69) is 46.4 Å². The van der Waals surface area contributed by atoms with Crippen molar-refractivity contribution < 1.29 is 0 Å². The highest BCUT2D eigenvalue weighted by Gasteiger charge is 2.32. The van der Waals surface area contributed by atoms with Gasteiger partial charge < -0.3 is 4.90 Å². The van der Waals surface area contributed by atoms with E-state index in [0.717, 1.165) is 5.92 Å². The predicted octanol–water partition coefficient (Wildman–Crippen LogP) is 4.96. The van der Waals surface area contributed by atoms with Crippen LogP contribution in [-0.2, 0) is 0 Å². The fourth-order valence-corrected chi connectivity index (χ4v) is 3.33. The van der Waals surface area contributed by atoms with Crippen molar-refractivity contribution in [2.45, 2.75) is 73.6 Å². The lowest BCUT2D eigenvalue weighted by Crippen LogP contribution is -2.42. The summed E-state index contributed by atoms with van der Waals surface area (Å²) in [6.07, 6.45) is 6.76. The maximum Gasteiger partial charge on any atom is 0.00354 e. The average molecular weight is 253 g/mol. The van der Waals surface area contributed by atoms with Gasteiger partial charge in [-0.2, -0.15) is 0 Å². The Morgan fingerprint density at radius 1 is 1.00 bits per heavy atom. The quantitative estimate of drug-likeness (QED) is 0.646. The van der Waals surface area contributed by atoms with Gasteiger partial charge in [0.05, 0.1) is 0 Å². The lowest BCUT2D eigenvalue weighted by atomic mass is 9.71. The third kappa shape index (κ3) is 4.91. The van der Waals surface area contributed by atoms with E-state index >= 15 is 0 Å². The SMILES string of the molecule is CCC(C)(C)CC(C)(CC)CN1CCC(C)CC1. The number of likely N-dealkylation sites (tertiary alicyclic amines) is 1. The summed E-state index contributed by atoms with van der Waals surface area (Å²) in [4.78, 5) is 2.72. The Bertz CT molecular complexity index is 238. The Labute approximate surface area is 115 Å². The summed E-state index contributed by atoms with van der Waals surface area (Å²) in [6, 6.07) is 0. The van der Waals surface area contributed by atoms with Crippen LogP contribution in [-0.4, -0.2) is 24.5 Å². The minimum Gasteiger partial charge on any atom is -0.303 e. The number of hydrogen-bond acceptors (Lipinski definition) is 1. The monoisotopic (exact) mass is 253 g/mol. The normalized spacial score (nSPS) is 23.0. The molecular formula is C17H35N. The minimum absolute atomic E-state index is 0.494. The van der Waals surface area contributed by atoms with E-state index in [-0.39, 0.29) is 0 Å². The lowest BCUT2D eigenvalue weighted by molar-refractivity contribution is 0.0801. The second kappa shape index (κ2) is 6.41. The number of rotatable bonds is 6. The van der Waals surface area contributed by atoms with Crippen LogP contribution < -0.4 is 0 Å². The molecule has 108 valence electrons. The van der Waals surface area contributed by atoms with Crippen molar-refractivity contribution in [3.63, 3.8) is 0 Å². The Kier molecular flexibility index (Phi) is 5.70. The highest BCUT2D eigenvalue weighted by molar-refractivity contribution is 4.85. The highest BCUT2D eigenvalue weighted by atomic mass is 15.1. The van der Waals surface area contributed by atoms with Crippen molar-refractivity contribution in [3.8, 4) is 0 Å². The summed E-state index contributed by atoms with van der Waals surface area (Å²) in [7, 11) is 0. The Morgan fingerprint density at radius 3 is 2.00 bits per heavy atom. The van der Waals surface area contributed by atoms with Crippen LogP contribution in [0.25, 0.3) is 0 Å². The molecule has 1 heteroatoms. The fourth-order valence-electron chi connectivity index (χ4n) is 3.33. The molecule has 1 fully saturated rings. The van der Waals surface area contributed by atoms with Crippen LogP contribution in [0.4, 0.5) is 0 Å². The molecule has 0 aromatic rings. The molecule has 18 heavy (non-hydrogen) atoms. The van der Waals surface area contributed by atoms with Gasteiger partial charge in [-0.15, -0.1) is 0 Å². The molecule has 0 radical (unpaired) electrons. The molecule has 1 saturated heterocycles. The molecule has 0 aromatic carbocycles. The van der Waals surface area contributed by atoms with Crippen LogP contribution in [0.15, 0.2) is 0 Å². The zero-order chi connectivity index (χ0) is 13.8. The number of nitrogens with zero attached hydrogens (tertiary/aromatic N) is 1. The molecule has 1 nitrogen and oxygen atoms in total. The van der Waals surface area contributed by atoms with E-state index < -0.39 is 0 Å². The van der Waals surface area contributed by atoms with Crippen molar-refractivity contribution in [3.05, 3.63) is 0 Å². The van der Waals surface area contributed by atoms with E-state index in [1.165, 1.54) is 51.7 Å². The first-order valence-electron chi connectivity index (χ1n) is 8.02. The predicted molar refractivity (Wildman–Crippen MR) is 81.9 cm³/mol. The Hall–Kier alpha value is -0.0400. The van der Waals surface area contributed by atoms with Crippen molar-refractivity contribution in [2.75, 3.05) is 19.6 Å². The van der Waals surface area contributed by atoms with Crippen molar-refractivity contribution in [1.82, 2.24) is 4.90 Å². The standard InChI is InChI=1S/C17H35N/c1-7-16(4,5)13-17(6,8-2)14-18-11-9-15(3)10-12-18/h15H,7-14H2,1-6H3. The van der Waals surface area contributed by atoms with E-state index in [1.54, 1.807) is 0 Å². The minimum atomic E-state index is 0.494. The van der Waals surface area contributed by atoms with Gasteiger partial charge in [-0.3, -0.25) is 0 Å². The maximum absolute atomic E-state index is 2.72. The van der Waals surface area contributed by atoms with Gasteiger partial charge in [0.1, 0.15) is 0 Å². The highest BCUT2D eigenvalue weighted by Crippen LogP contribution is 2.39. The van der Waals surface area contributed by atoms with Crippen molar-refractivity contribution >= 4 is 0 Å². The zero-order valence-electron chi connectivity index (χ0n) is 13.7. The molecule has 1 rings (SSSR count). The molecule has 0 aliphatic carbocycles. The summed E-state index contributed by atoms with van der Waals surface area (Å²) in [5, 5.41) is 0. The van der Waals surface area contributed by atoms with Gasteiger partial charge in [0.15, 0.2) is 0 Å². The molecule has 1 aliphatic heterocycles. The molecule has 0 N–H and O–H groups in total. The maximum atomic E-state index is 2.72. The molecular weight excluding hydrogens is 218 g/mol. The largest absolute Gasteiger partial charge is 0.303 e. The van der Waals surface area contributed by atoms with Crippen LogP contribution >= 0.6 is 0 Å². The van der Waals surface area contributed by atoms with Gasteiger partial charge in [0.2, 0.25) is 0 Å². The van der Waals surface area contributed by atoms with Crippen molar-refractivity contribution in [1.29, 1.82) is 0 Å². The summed E-state index contributed by atoms with van der Waals surface area (Å²) < 4.78 is 0. The first-order valence-corrected chi connectivity index (χ1v) is 8.02.